The highest BCUT2D eigenvalue weighted by atomic mass is 35.5. The van der Waals surface area contributed by atoms with Gasteiger partial charge in [-0.05, 0) is 49.4 Å². The first-order valence-corrected chi connectivity index (χ1v) is 11.4. The molecule has 0 bridgehead atoms. The van der Waals surface area contributed by atoms with Crippen LogP contribution in [0.25, 0.3) is 11.5 Å². The first kappa shape index (κ1) is 20.7. The van der Waals surface area contributed by atoms with E-state index in [0.29, 0.717) is 49.2 Å². The minimum atomic E-state index is -3.92. The molecule has 158 valence electrons. The number of benzene rings is 2. The lowest BCUT2D eigenvalue weighted by Gasteiger charge is -2.26. The summed E-state index contributed by atoms with van der Waals surface area (Å²) in [5.74, 6) is 1.01. The first-order chi connectivity index (χ1) is 14.5. The SMILES string of the molecule is CCOc1ccc(S(=O)(=O)c2nc(-c3cccc(Cl)c3)oc2N2CCOCC2)cc1. The van der Waals surface area contributed by atoms with E-state index in [9.17, 15) is 8.42 Å². The van der Waals surface area contributed by atoms with Gasteiger partial charge in [-0.25, -0.2) is 8.42 Å². The molecule has 0 unspecified atom stereocenters. The lowest BCUT2D eigenvalue weighted by Crippen LogP contribution is -2.36. The third-order valence-corrected chi connectivity index (χ3v) is 6.55. The number of hydrogen-bond acceptors (Lipinski definition) is 7. The average Bonchev–Trinajstić information content (AvgIpc) is 3.22. The smallest absolute Gasteiger partial charge is 0.236 e. The number of hydrogen-bond donors (Lipinski definition) is 0. The van der Waals surface area contributed by atoms with Crippen molar-refractivity contribution in [2.45, 2.75) is 16.8 Å². The minimum Gasteiger partial charge on any atom is -0.494 e. The van der Waals surface area contributed by atoms with Gasteiger partial charge in [0, 0.05) is 23.7 Å². The largest absolute Gasteiger partial charge is 0.494 e. The number of oxazole rings is 1. The van der Waals surface area contributed by atoms with Gasteiger partial charge in [-0.2, -0.15) is 4.98 Å². The topological polar surface area (TPSA) is 81.9 Å². The lowest BCUT2D eigenvalue weighted by atomic mass is 10.2. The number of nitrogens with zero attached hydrogens (tertiary/aromatic N) is 2. The summed E-state index contributed by atoms with van der Waals surface area (Å²) < 4.78 is 43.6. The Hall–Kier alpha value is -2.55. The second-order valence-corrected chi connectivity index (χ2v) is 8.95. The van der Waals surface area contributed by atoms with Crippen LogP contribution in [0.2, 0.25) is 5.02 Å². The molecule has 0 spiro atoms. The van der Waals surface area contributed by atoms with E-state index in [1.54, 1.807) is 36.4 Å². The van der Waals surface area contributed by atoms with Crippen molar-refractivity contribution in [2.24, 2.45) is 0 Å². The molecule has 0 atom stereocenters. The van der Waals surface area contributed by atoms with Gasteiger partial charge in [-0.3, -0.25) is 0 Å². The van der Waals surface area contributed by atoms with Crippen molar-refractivity contribution in [3.63, 3.8) is 0 Å². The third kappa shape index (κ3) is 4.16. The fourth-order valence-corrected chi connectivity index (χ4v) is 4.69. The van der Waals surface area contributed by atoms with Gasteiger partial charge in [0.2, 0.25) is 26.6 Å². The summed E-state index contributed by atoms with van der Waals surface area (Å²) in [6, 6.07) is 13.2. The molecule has 1 aliphatic rings. The summed E-state index contributed by atoms with van der Waals surface area (Å²) in [6.07, 6.45) is 0. The molecule has 1 aliphatic heterocycles. The van der Waals surface area contributed by atoms with Gasteiger partial charge in [-0.15, -0.1) is 0 Å². The molecular weight excluding hydrogens is 428 g/mol. The third-order valence-electron chi connectivity index (χ3n) is 4.65. The molecule has 9 heteroatoms. The average molecular weight is 449 g/mol. The summed E-state index contributed by atoms with van der Waals surface area (Å²) in [5.41, 5.74) is 0.602. The van der Waals surface area contributed by atoms with Gasteiger partial charge in [0.05, 0.1) is 24.7 Å². The Morgan fingerprint density at radius 2 is 1.87 bits per heavy atom. The van der Waals surface area contributed by atoms with Crippen LogP contribution in [-0.4, -0.2) is 46.3 Å². The maximum atomic E-state index is 13.4. The van der Waals surface area contributed by atoms with Crippen molar-refractivity contribution in [1.82, 2.24) is 4.98 Å². The van der Waals surface area contributed by atoms with Crippen LogP contribution < -0.4 is 9.64 Å². The zero-order valence-electron chi connectivity index (χ0n) is 16.4. The summed E-state index contributed by atoms with van der Waals surface area (Å²) in [6.45, 7) is 4.35. The van der Waals surface area contributed by atoms with Crippen LogP contribution in [0, 0.1) is 0 Å². The highest BCUT2D eigenvalue weighted by molar-refractivity contribution is 7.91. The van der Waals surface area contributed by atoms with Crippen molar-refractivity contribution in [1.29, 1.82) is 0 Å². The predicted octanol–water partition coefficient (Wildman–Crippen LogP) is 4.06. The van der Waals surface area contributed by atoms with Gasteiger partial charge >= 0.3 is 0 Å². The normalized spacial score (nSPS) is 14.7. The van der Waals surface area contributed by atoms with E-state index >= 15 is 0 Å². The number of anilines is 1. The van der Waals surface area contributed by atoms with Crippen molar-refractivity contribution in [3.05, 3.63) is 53.6 Å². The van der Waals surface area contributed by atoms with E-state index in [-0.39, 0.29) is 21.7 Å². The molecule has 0 radical (unpaired) electrons. The van der Waals surface area contributed by atoms with E-state index in [2.05, 4.69) is 4.98 Å². The Balaban J connectivity index is 1.80. The highest BCUT2D eigenvalue weighted by Gasteiger charge is 2.32. The van der Waals surface area contributed by atoms with Gasteiger partial charge in [0.1, 0.15) is 5.75 Å². The Kier molecular flexibility index (Phi) is 5.99. The molecule has 4 rings (SSSR count). The van der Waals surface area contributed by atoms with Gasteiger partial charge in [-0.1, -0.05) is 17.7 Å². The summed E-state index contributed by atoms with van der Waals surface area (Å²) >= 11 is 6.09. The first-order valence-electron chi connectivity index (χ1n) is 9.56. The van der Waals surface area contributed by atoms with Crippen LogP contribution in [-0.2, 0) is 14.6 Å². The van der Waals surface area contributed by atoms with Crippen molar-refractivity contribution in [2.75, 3.05) is 37.8 Å². The number of ether oxygens (including phenoxy) is 2. The molecule has 0 N–H and O–H groups in total. The molecule has 1 aromatic heterocycles. The fourth-order valence-electron chi connectivity index (χ4n) is 3.18. The molecule has 2 heterocycles. The summed E-state index contributed by atoms with van der Waals surface area (Å²) in [4.78, 5) is 6.33. The monoisotopic (exact) mass is 448 g/mol. The van der Waals surface area contributed by atoms with E-state index in [0.717, 1.165) is 0 Å². The maximum absolute atomic E-state index is 13.4. The van der Waals surface area contributed by atoms with Crippen molar-refractivity contribution >= 4 is 27.3 Å². The lowest BCUT2D eigenvalue weighted by molar-refractivity contribution is 0.120. The minimum absolute atomic E-state index is 0.117. The Labute approximate surface area is 180 Å². The molecule has 1 saturated heterocycles. The molecule has 0 saturated carbocycles. The second kappa shape index (κ2) is 8.67. The van der Waals surface area contributed by atoms with E-state index in [4.69, 9.17) is 25.5 Å². The van der Waals surface area contributed by atoms with E-state index < -0.39 is 9.84 Å². The van der Waals surface area contributed by atoms with Crippen LogP contribution >= 0.6 is 11.6 Å². The zero-order chi connectivity index (χ0) is 21.1. The molecule has 3 aromatic rings. The Morgan fingerprint density at radius 3 is 2.53 bits per heavy atom. The number of rotatable bonds is 6. The van der Waals surface area contributed by atoms with Gasteiger partial charge in [0.15, 0.2) is 0 Å². The molecular formula is C21H21ClN2O5S. The van der Waals surface area contributed by atoms with Crippen LogP contribution in [0.5, 0.6) is 5.75 Å². The summed E-state index contributed by atoms with van der Waals surface area (Å²) in [5, 5.41) is 0.387. The van der Waals surface area contributed by atoms with Gasteiger partial charge in [0.25, 0.3) is 0 Å². The number of sulfone groups is 1. The van der Waals surface area contributed by atoms with Crippen LogP contribution in [0.15, 0.2) is 62.9 Å². The molecule has 0 amide bonds. The number of aromatic nitrogens is 1. The molecule has 1 fully saturated rings. The zero-order valence-corrected chi connectivity index (χ0v) is 17.9. The molecule has 2 aromatic carbocycles. The van der Waals surface area contributed by atoms with Crippen LogP contribution in [0.4, 0.5) is 5.88 Å². The molecule has 30 heavy (non-hydrogen) atoms. The Bertz CT molecular complexity index is 1120. The van der Waals surface area contributed by atoms with Crippen LogP contribution in [0.3, 0.4) is 0 Å². The van der Waals surface area contributed by atoms with Crippen LogP contribution in [0.1, 0.15) is 6.92 Å². The Morgan fingerprint density at radius 1 is 1.13 bits per heavy atom. The molecule has 0 aliphatic carbocycles. The molecule has 7 nitrogen and oxygen atoms in total. The predicted molar refractivity (Wildman–Crippen MR) is 113 cm³/mol. The highest BCUT2D eigenvalue weighted by Crippen LogP contribution is 2.35. The fraction of sp³-hybridized carbons (Fsp3) is 0.286. The summed E-state index contributed by atoms with van der Waals surface area (Å²) in [7, 11) is -3.92. The quantitative estimate of drug-likeness (QED) is 0.562. The number of morpholine rings is 1. The number of halogens is 1. The van der Waals surface area contributed by atoms with Crippen molar-refractivity contribution in [3.8, 4) is 17.2 Å². The van der Waals surface area contributed by atoms with E-state index in [1.807, 2.05) is 11.8 Å². The second-order valence-electron chi connectivity index (χ2n) is 6.65. The standard InChI is InChI=1S/C21H21ClN2O5S/c1-2-28-17-6-8-18(9-7-17)30(25,26)20-21(24-10-12-27-13-11-24)29-19(23-20)15-4-3-5-16(22)14-15/h3-9,14H,2,10-13H2,1H3. The van der Waals surface area contributed by atoms with Crippen molar-refractivity contribution < 1.29 is 22.3 Å². The van der Waals surface area contributed by atoms with Gasteiger partial charge < -0.3 is 18.8 Å². The maximum Gasteiger partial charge on any atom is 0.236 e. The van der Waals surface area contributed by atoms with E-state index in [1.165, 1.54) is 12.1 Å².